The maximum absolute atomic E-state index is 6.21. The van der Waals surface area contributed by atoms with E-state index in [-0.39, 0.29) is 0 Å². The number of para-hydroxylation sites is 4. The van der Waals surface area contributed by atoms with Gasteiger partial charge >= 0.3 is 0 Å². The first-order valence-corrected chi connectivity index (χ1v) is 25.0. The van der Waals surface area contributed by atoms with E-state index in [1.807, 2.05) is 48.5 Å². The summed E-state index contributed by atoms with van der Waals surface area (Å²) >= 11 is 0. The molecule has 0 bridgehead atoms. The van der Waals surface area contributed by atoms with Crippen molar-refractivity contribution in [1.29, 1.82) is 0 Å². The minimum atomic E-state index is 0.601. The monoisotopic (exact) mass is 946 g/mol. The SMILES string of the molecule is c1ccc2c(c1)cc(N(c1ccc(-c3nc4ccccc4o3)cc1)c1ccc3c(ccc4cc(N(c5ccc(-c6nc7ccccc7o6)cc5)c5cc6ccccc6c6ccccc56)ccc43)c1)c1ccccc12. The lowest BCUT2D eigenvalue weighted by Gasteiger charge is -2.28. The molecule has 0 saturated heterocycles. The Morgan fingerprint density at radius 2 is 0.595 bits per heavy atom. The number of oxazole rings is 2. The Balaban J connectivity index is 0.866. The highest BCUT2D eigenvalue weighted by molar-refractivity contribution is 6.17. The molecular weight excluding hydrogens is 905 g/mol. The molecule has 74 heavy (non-hydrogen) atoms. The number of benzene rings is 13. The van der Waals surface area contributed by atoms with Crippen LogP contribution < -0.4 is 9.80 Å². The van der Waals surface area contributed by atoms with E-state index < -0.39 is 0 Å². The van der Waals surface area contributed by atoms with Crippen molar-refractivity contribution in [1.82, 2.24) is 9.97 Å². The second kappa shape index (κ2) is 16.8. The molecule has 0 saturated carbocycles. The topological polar surface area (TPSA) is 58.5 Å². The van der Waals surface area contributed by atoms with Crippen LogP contribution in [0.4, 0.5) is 34.1 Å². The van der Waals surface area contributed by atoms with Crippen LogP contribution in [0, 0.1) is 0 Å². The Morgan fingerprint density at radius 3 is 1.03 bits per heavy atom. The third kappa shape index (κ3) is 6.88. The maximum atomic E-state index is 6.21. The zero-order valence-electron chi connectivity index (χ0n) is 39.9. The normalized spacial score (nSPS) is 11.8. The summed E-state index contributed by atoms with van der Waals surface area (Å²) in [7, 11) is 0. The predicted octanol–water partition coefficient (Wildman–Crippen LogP) is 19.2. The molecule has 15 rings (SSSR count). The minimum absolute atomic E-state index is 0.601. The number of hydrogen-bond donors (Lipinski definition) is 0. The third-order valence-corrected chi connectivity index (χ3v) is 14.6. The van der Waals surface area contributed by atoms with E-state index in [9.17, 15) is 0 Å². The van der Waals surface area contributed by atoms with Crippen LogP contribution in [-0.2, 0) is 0 Å². The van der Waals surface area contributed by atoms with E-state index in [1.54, 1.807) is 0 Å². The molecule has 0 amide bonds. The van der Waals surface area contributed by atoms with Crippen molar-refractivity contribution in [2.75, 3.05) is 9.80 Å². The molecule has 0 atom stereocenters. The fourth-order valence-electron chi connectivity index (χ4n) is 11.1. The Bertz CT molecular complexity index is 4320. The lowest BCUT2D eigenvalue weighted by atomic mass is 9.97. The van der Waals surface area contributed by atoms with Crippen LogP contribution in [-0.4, -0.2) is 9.97 Å². The van der Waals surface area contributed by atoms with Gasteiger partial charge in [0.25, 0.3) is 0 Å². The molecule has 0 aliphatic carbocycles. The highest BCUT2D eigenvalue weighted by Crippen LogP contribution is 2.46. The highest BCUT2D eigenvalue weighted by Gasteiger charge is 2.22. The molecule has 0 fully saturated rings. The molecule has 2 heterocycles. The largest absolute Gasteiger partial charge is 0.436 e. The average molecular weight is 947 g/mol. The summed E-state index contributed by atoms with van der Waals surface area (Å²) < 4.78 is 12.4. The van der Waals surface area contributed by atoms with E-state index in [4.69, 9.17) is 18.8 Å². The zero-order valence-corrected chi connectivity index (χ0v) is 39.9. The fraction of sp³-hybridized carbons (Fsp3) is 0. The molecule has 6 heteroatoms. The van der Waals surface area contributed by atoms with Crippen LogP contribution >= 0.6 is 0 Å². The van der Waals surface area contributed by atoms with Crippen molar-refractivity contribution in [2.24, 2.45) is 0 Å². The number of rotatable bonds is 8. The van der Waals surface area contributed by atoms with Crippen molar-refractivity contribution < 1.29 is 8.83 Å². The fourth-order valence-corrected chi connectivity index (χ4v) is 11.1. The van der Waals surface area contributed by atoms with Gasteiger partial charge in [0.2, 0.25) is 11.8 Å². The summed E-state index contributed by atoms with van der Waals surface area (Å²) in [5, 5.41) is 14.2. The first kappa shape index (κ1) is 41.7. The van der Waals surface area contributed by atoms with Gasteiger partial charge in [-0.15, -0.1) is 0 Å². The van der Waals surface area contributed by atoms with E-state index in [0.29, 0.717) is 11.8 Å². The lowest BCUT2D eigenvalue weighted by molar-refractivity contribution is 0.619. The molecule has 13 aromatic carbocycles. The van der Waals surface area contributed by atoms with Gasteiger partial charge in [-0.25, -0.2) is 9.97 Å². The molecule has 15 aromatic rings. The molecule has 2 aromatic heterocycles. The minimum Gasteiger partial charge on any atom is -0.436 e. The molecule has 6 nitrogen and oxygen atoms in total. The first-order valence-electron chi connectivity index (χ1n) is 25.0. The van der Waals surface area contributed by atoms with Crippen LogP contribution in [0.5, 0.6) is 0 Å². The number of fused-ring (bicyclic) bond motifs is 11. The van der Waals surface area contributed by atoms with Crippen molar-refractivity contribution in [3.05, 3.63) is 255 Å². The van der Waals surface area contributed by atoms with Gasteiger partial charge in [-0.3, -0.25) is 0 Å². The zero-order chi connectivity index (χ0) is 48.7. The Morgan fingerprint density at radius 1 is 0.257 bits per heavy atom. The van der Waals surface area contributed by atoms with E-state index in [0.717, 1.165) is 78.2 Å². The van der Waals surface area contributed by atoms with Crippen molar-refractivity contribution in [2.45, 2.75) is 0 Å². The third-order valence-electron chi connectivity index (χ3n) is 14.6. The van der Waals surface area contributed by atoms with E-state index >= 15 is 0 Å². The Hall–Kier alpha value is -10.0. The molecule has 346 valence electrons. The number of anilines is 6. The van der Waals surface area contributed by atoms with Crippen LogP contribution in [0.25, 0.3) is 110 Å². The van der Waals surface area contributed by atoms with Crippen LogP contribution in [0.15, 0.2) is 264 Å². The smallest absolute Gasteiger partial charge is 0.227 e. The molecular formula is C68H42N4O2. The summed E-state index contributed by atoms with van der Waals surface area (Å²) in [5.74, 6) is 1.20. The van der Waals surface area contributed by atoms with Gasteiger partial charge < -0.3 is 18.6 Å². The van der Waals surface area contributed by atoms with Gasteiger partial charge in [0.15, 0.2) is 11.2 Å². The first-order chi connectivity index (χ1) is 36.6. The Kier molecular flexibility index (Phi) is 9.47. The van der Waals surface area contributed by atoms with Crippen molar-refractivity contribution in [3.8, 4) is 22.9 Å². The van der Waals surface area contributed by atoms with Gasteiger partial charge in [-0.2, -0.15) is 0 Å². The average Bonchev–Trinajstić information content (AvgIpc) is 4.11. The van der Waals surface area contributed by atoms with Crippen LogP contribution in [0.2, 0.25) is 0 Å². The molecule has 0 unspecified atom stereocenters. The van der Waals surface area contributed by atoms with Gasteiger partial charge in [0, 0.05) is 44.6 Å². The highest BCUT2D eigenvalue weighted by atomic mass is 16.4. The second-order valence-corrected chi connectivity index (χ2v) is 18.9. The molecule has 0 N–H and O–H groups in total. The molecule has 0 aliphatic rings. The lowest BCUT2D eigenvalue weighted by Crippen LogP contribution is -2.11. The molecule has 0 spiro atoms. The van der Waals surface area contributed by atoms with E-state index in [2.05, 4.69) is 216 Å². The summed E-state index contributed by atoms with van der Waals surface area (Å²) in [4.78, 5) is 14.4. The summed E-state index contributed by atoms with van der Waals surface area (Å²) in [5.41, 5.74) is 11.4. The van der Waals surface area contributed by atoms with Crippen LogP contribution in [0.1, 0.15) is 0 Å². The van der Waals surface area contributed by atoms with E-state index in [1.165, 1.54) is 53.9 Å². The number of aromatic nitrogens is 2. The molecule has 0 aliphatic heterocycles. The van der Waals surface area contributed by atoms with Gasteiger partial charge in [0.05, 0.1) is 11.4 Å². The van der Waals surface area contributed by atoms with Crippen LogP contribution in [0.3, 0.4) is 0 Å². The van der Waals surface area contributed by atoms with Crippen molar-refractivity contribution in [3.63, 3.8) is 0 Å². The van der Waals surface area contributed by atoms with Crippen molar-refractivity contribution >= 4 is 121 Å². The second-order valence-electron chi connectivity index (χ2n) is 18.9. The number of hydrogen-bond acceptors (Lipinski definition) is 6. The predicted molar refractivity (Wildman–Crippen MR) is 307 cm³/mol. The van der Waals surface area contributed by atoms with Gasteiger partial charge in [-0.05, 0) is 163 Å². The number of nitrogens with zero attached hydrogens (tertiary/aromatic N) is 4. The molecule has 0 radical (unpaired) electrons. The van der Waals surface area contributed by atoms with Gasteiger partial charge in [0.1, 0.15) is 11.0 Å². The maximum Gasteiger partial charge on any atom is 0.227 e. The standard InChI is InChI=1S/C68H42N4O2/c1-3-15-53-45(13-1)41-63(59-19-7-5-17-57(53)59)71(49-31-27-43(28-32-49)67-69-61-21-9-11-23-65(61)73-67)51-35-37-55-47(39-51)25-26-48-40-52(36-38-56(48)55)72(64-42-46-14-2-4-16-54(46)58-18-6-8-20-60(58)64)50-33-29-44(30-34-50)68-70-62-22-10-12-24-66(62)74-68/h1-42H. The summed E-state index contributed by atoms with van der Waals surface area (Å²) in [6, 6.07) is 90.7. The summed E-state index contributed by atoms with van der Waals surface area (Å²) in [6.45, 7) is 0. The van der Waals surface area contributed by atoms with Gasteiger partial charge in [-0.1, -0.05) is 146 Å². The summed E-state index contributed by atoms with van der Waals surface area (Å²) in [6.07, 6.45) is 0. The quantitative estimate of drug-likeness (QED) is 0.141. The Labute approximate surface area is 425 Å².